The van der Waals surface area contributed by atoms with Crippen molar-refractivity contribution in [2.75, 3.05) is 0 Å². The first kappa shape index (κ1) is 9.08. The van der Waals surface area contributed by atoms with Crippen molar-refractivity contribution in [2.45, 2.75) is 13.8 Å². The maximum absolute atomic E-state index is 11.8. The molecule has 14 heavy (non-hydrogen) atoms. The molecule has 0 radical (unpaired) electrons. The lowest BCUT2D eigenvalue weighted by Gasteiger charge is -1.97. The summed E-state index contributed by atoms with van der Waals surface area (Å²) in [5.41, 5.74) is 0.519. The second kappa shape index (κ2) is 3.34. The Morgan fingerprint density at radius 1 is 1.50 bits per heavy atom. The number of rotatable bonds is 1. The molecular weight excluding hydrogens is 198 g/mol. The molecule has 0 N–H and O–H groups in total. The zero-order valence-corrected chi connectivity index (χ0v) is 8.71. The van der Waals surface area contributed by atoms with Crippen LogP contribution in [-0.2, 0) is 0 Å². The Morgan fingerprint density at radius 3 is 2.79 bits per heavy atom. The monoisotopic (exact) mass is 207 g/mol. The topological polar surface area (TPSA) is 47.8 Å². The molecule has 0 unspecified atom stereocenters. The molecule has 2 rings (SSSR count). The third-order valence-electron chi connectivity index (χ3n) is 1.85. The second-order valence-electron chi connectivity index (χ2n) is 2.91. The van der Waals surface area contributed by atoms with Crippen molar-refractivity contribution in [1.29, 1.82) is 0 Å². The van der Waals surface area contributed by atoms with Crippen LogP contribution >= 0.6 is 11.3 Å². The average Bonchev–Trinajstić information content (AvgIpc) is 2.73. The second-order valence-corrected chi connectivity index (χ2v) is 4.32. The Morgan fingerprint density at radius 2 is 2.29 bits per heavy atom. The zero-order chi connectivity index (χ0) is 10.1. The molecule has 0 fully saturated rings. The van der Waals surface area contributed by atoms with E-state index in [9.17, 15) is 4.79 Å². The SMILES string of the molecule is Cc1nc(C(=O)n2ccnc2)c(C)s1. The number of carbonyl (C=O) groups excluding carboxylic acids is 1. The Kier molecular flexibility index (Phi) is 2.17. The van der Waals surface area contributed by atoms with E-state index >= 15 is 0 Å². The van der Waals surface area contributed by atoms with Crippen LogP contribution in [0, 0.1) is 13.8 Å². The fourth-order valence-corrected chi connectivity index (χ4v) is 2.04. The van der Waals surface area contributed by atoms with E-state index in [0.717, 1.165) is 9.88 Å². The molecule has 4 nitrogen and oxygen atoms in total. The lowest BCUT2D eigenvalue weighted by Crippen LogP contribution is -2.11. The predicted octanol–water partition coefficient (Wildman–Crippen LogP) is 1.64. The normalized spacial score (nSPS) is 10.4. The molecule has 72 valence electrons. The lowest BCUT2D eigenvalue weighted by atomic mass is 10.3. The predicted molar refractivity (Wildman–Crippen MR) is 53.5 cm³/mol. The van der Waals surface area contributed by atoms with Gasteiger partial charge < -0.3 is 0 Å². The van der Waals surface area contributed by atoms with Gasteiger partial charge >= 0.3 is 0 Å². The van der Waals surface area contributed by atoms with Crippen LogP contribution in [0.2, 0.25) is 0 Å². The van der Waals surface area contributed by atoms with Gasteiger partial charge in [-0.1, -0.05) is 0 Å². The molecule has 0 aromatic carbocycles. The molecule has 0 saturated heterocycles. The summed E-state index contributed by atoms with van der Waals surface area (Å²) in [4.78, 5) is 20.8. The van der Waals surface area contributed by atoms with Gasteiger partial charge in [-0.15, -0.1) is 11.3 Å². The zero-order valence-electron chi connectivity index (χ0n) is 7.89. The third-order valence-corrected chi connectivity index (χ3v) is 2.73. The summed E-state index contributed by atoms with van der Waals surface area (Å²) in [5, 5.41) is 0.908. The number of carbonyl (C=O) groups is 1. The van der Waals surface area contributed by atoms with E-state index in [0.29, 0.717) is 5.69 Å². The molecule has 0 aliphatic carbocycles. The van der Waals surface area contributed by atoms with Crippen LogP contribution in [-0.4, -0.2) is 20.4 Å². The minimum Gasteiger partial charge on any atom is -0.271 e. The van der Waals surface area contributed by atoms with Crippen LogP contribution in [0.1, 0.15) is 20.4 Å². The van der Waals surface area contributed by atoms with Crippen LogP contribution in [0.4, 0.5) is 0 Å². The van der Waals surface area contributed by atoms with Gasteiger partial charge in [0.2, 0.25) is 0 Å². The van der Waals surface area contributed by atoms with Gasteiger partial charge in [0.05, 0.1) is 5.01 Å². The standard InChI is InChI=1S/C9H9N3OS/c1-6-8(11-7(2)14-6)9(13)12-4-3-10-5-12/h3-5H,1-2H3. The minimum atomic E-state index is -0.121. The van der Waals surface area contributed by atoms with E-state index in [1.807, 2.05) is 13.8 Å². The molecule has 0 saturated carbocycles. The van der Waals surface area contributed by atoms with Crippen molar-refractivity contribution < 1.29 is 4.79 Å². The van der Waals surface area contributed by atoms with E-state index in [2.05, 4.69) is 9.97 Å². The molecule has 0 spiro atoms. The number of hydrogen-bond donors (Lipinski definition) is 0. The number of imidazole rings is 1. The van der Waals surface area contributed by atoms with Gasteiger partial charge in [0.15, 0.2) is 0 Å². The molecule has 0 aliphatic rings. The van der Waals surface area contributed by atoms with Crippen LogP contribution in [0.3, 0.4) is 0 Å². The van der Waals surface area contributed by atoms with Gasteiger partial charge in [-0.2, -0.15) is 0 Å². The summed E-state index contributed by atoms with van der Waals surface area (Å²) < 4.78 is 1.43. The van der Waals surface area contributed by atoms with Gasteiger partial charge in [0.1, 0.15) is 12.0 Å². The Bertz CT molecular complexity index is 458. The Hall–Kier alpha value is -1.49. The first-order valence-corrected chi connectivity index (χ1v) is 4.97. The summed E-state index contributed by atoms with van der Waals surface area (Å²) in [5.74, 6) is -0.121. The Labute approximate surface area is 85.2 Å². The van der Waals surface area contributed by atoms with Crippen molar-refractivity contribution in [3.05, 3.63) is 34.3 Å². The highest BCUT2D eigenvalue weighted by molar-refractivity contribution is 7.11. The summed E-state index contributed by atoms with van der Waals surface area (Å²) in [7, 11) is 0. The highest BCUT2D eigenvalue weighted by atomic mass is 32.1. The van der Waals surface area contributed by atoms with E-state index in [-0.39, 0.29) is 5.91 Å². The fraction of sp³-hybridized carbons (Fsp3) is 0.222. The highest BCUT2D eigenvalue weighted by Gasteiger charge is 2.14. The summed E-state index contributed by atoms with van der Waals surface area (Å²) in [6.45, 7) is 3.79. The molecule has 0 aliphatic heterocycles. The van der Waals surface area contributed by atoms with Crippen LogP contribution in [0.15, 0.2) is 18.7 Å². The number of aromatic nitrogens is 3. The Balaban J connectivity index is 2.41. The van der Waals surface area contributed by atoms with Gasteiger partial charge in [-0.05, 0) is 13.8 Å². The maximum atomic E-state index is 11.8. The molecule has 0 amide bonds. The summed E-state index contributed by atoms with van der Waals surface area (Å²) in [6.07, 6.45) is 4.68. The molecule has 0 atom stereocenters. The first-order chi connectivity index (χ1) is 6.68. The van der Waals surface area contributed by atoms with Crippen molar-refractivity contribution in [3.8, 4) is 0 Å². The fourth-order valence-electron chi connectivity index (χ4n) is 1.23. The molecule has 2 heterocycles. The lowest BCUT2D eigenvalue weighted by molar-refractivity contribution is 0.0955. The molecule has 5 heteroatoms. The van der Waals surface area contributed by atoms with Crippen molar-refractivity contribution in [1.82, 2.24) is 14.5 Å². The van der Waals surface area contributed by atoms with E-state index in [1.165, 1.54) is 22.2 Å². The van der Waals surface area contributed by atoms with Gasteiger partial charge in [-0.3, -0.25) is 9.36 Å². The number of nitrogens with zero attached hydrogens (tertiary/aromatic N) is 3. The number of thiazole rings is 1. The van der Waals surface area contributed by atoms with E-state index in [1.54, 1.807) is 12.4 Å². The number of hydrogen-bond acceptors (Lipinski definition) is 4. The largest absolute Gasteiger partial charge is 0.282 e. The minimum absolute atomic E-state index is 0.121. The molecule has 0 bridgehead atoms. The molecule has 2 aromatic rings. The van der Waals surface area contributed by atoms with Crippen molar-refractivity contribution in [3.63, 3.8) is 0 Å². The van der Waals surface area contributed by atoms with Crippen molar-refractivity contribution in [2.24, 2.45) is 0 Å². The summed E-state index contributed by atoms with van der Waals surface area (Å²) in [6, 6.07) is 0. The van der Waals surface area contributed by atoms with Crippen LogP contribution in [0.5, 0.6) is 0 Å². The van der Waals surface area contributed by atoms with Gasteiger partial charge in [-0.25, -0.2) is 9.97 Å². The molecule has 2 aromatic heterocycles. The third kappa shape index (κ3) is 1.46. The van der Waals surface area contributed by atoms with E-state index < -0.39 is 0 Å². The average molecular weight is 207 g/mol. The smallest absolute Gasteiger partial charge is 0.271 e. The van der Waals surface area contributed by atoms with Crippen LogP contribution in [0.25, 0.3) is 0 Å². The first-order valence-electron chi connectivity index (χ1n) is 4.15. The van der Waals surface area contributed by atoms with Crippen molar-refractivity contribution >= 4 is 17.2 Å². The highest BCUT2D eigenvalue weighted by Crippen LogP contribution is 2.17. The van der Waals surface area contributed by atoms with Gasteiger partial charge in [0, 0.05) is 17.3 Å². The van der Waals surface area contributed by atoms with Crippen LogP contribution < -0.4 is 0 Å². The molecular formula is C9H9N3OS. The number of aryl methyl sites for hydroxylation is 2. The summed E-state index contributed by atoms with van der Waals surface area (Å²) >= 11 is 1.53. The quantitative estimate of drug-likeness (QED) is 0.714. The van der Waals surface area contributed by atoms with E-state index in [4.69, 9.17) is 0 Å². The maximum Gasteiger partial charge on any atom is 0.282 e. The van der Waals surface area contributed by atoms with Gasteiger partial charge in [0.25, 0.3) is 5.91 Å².